The highest BCUT2D eigenvalue weighted by Gasteiger charge is 2.70. The highest BCUT2D eigenvalue weighted by atomic mass is 35.5. The van der Waals surface area contributed by atoms with Crippen LogP contribution in [-0.2, 0) is 15.0 Å². The van der Waals surface area contributed by atoms with Crippen molar-refractivity contribution >= 4 is 23.4 Å². The van der Waals surface area contributed by atoms with Crippen LogP contribution in [0.4, 0.5) is 8.78 Å². The summed E-state index contributed by atoms with van der Waals surface area (Å²) >= 11 is 5.65. The van der Waals surface area contributed by atoms with Crippen molar-refractivity contribution in [3.63, 3.8) is 0 Å². The summed E-state index contributed by atoms with van der Waals surface area (Å²) in [7, 11) is 0. The first-order valence-electron chi connectivity index (χ1n) is 11.5. The lowest BCUT2D eigenvalue weighted by atomic mass is 9.44. The fraction of sp³-hybridized carbons (Fsp3) is 0.440. The second-order valence-corrected chi connectivity index (χ2v) is 10.8. The zero-order valence-electron chi connectivity index (χ0n) is 19.5. The Kier molecular flexibility index (Phi) is 4.74. The SMILES string of the molecule is CC1(F)Oc2cc3c(cc2O1)[C@@](C)(C(=O)NC12CC(NC(=O)COc4ccc(Cl)c(F)c4)(C1)C2)CO3. The minimum absolute atomic E-state index is 0.0245. The van der Waals surface area contributed by atoms with Crippen molar-refractivity contribution in [1.29, 1.82) is 0 Å². The van der Waals surface area contributed by atoms with Crippen molar-refractivity contribution in [1.82, 2.24) is 10.6 Å². The van der Waals surface area contributed by atoms with Crippen molar-refractivity contribution in [3.05, 3.63) is 46.7 Å². The average Bonchev–Trinajstić information content (AvgIpc) is 3.25. The third-order valence-electron chi connectivity index (χ3n) is 7.32. The van der Waals surface area contributed by atoms with Gasteiger partial charge in [-0.3, -0.25) is 9.59 Å². The molecule has 1 unspecified atom stereocenters. The van der Waals surface area contributed by atoms with Gasteiger partial charge in [0, 0.05) is 35.7 Å². The summed E-state index contributed by atoms with van der Waals surface area (Å²) in [5.41, 5.74) is -1.17. The average molecular weight is 521 g/mol. The lowest BCUT2D eigenvalue weighted by Gasteiger charge is -2.70. The van der Waals surface area contributed by atoms with Gasteiger partial charge in [-0.15, -0.1) is 0 Å². The number of fused-ring (bicyclic) bond motifs is 2. The second-order valence-electron chi connectivity index (χ2n) is 10.4. The number of nitrogens with one attached hydrogen (secondary N) is 2. The van der Waals surface area contributed by atoms with Gasteiger partial charge in [0.25, 0.3) is 5.91 Å². The summed E-state index contributed by atoms with van der Waals surface area (Å²) in [5.74, 6) is -0.0533. The standard InChI is InChI=1S/C25H23ClF2N2O6/c1-22(12-34-17-7-19-18(6-14(17)22)35-23(2,28)36-19)21(32)30-25-9-24(10-25,11-25)29-20(31)8-33-13-3-4-15(26)16(27)5-13/h3-7H,8-12H2,1-2H3,(H,29,31)(H,30,32)/t22-,23?,24?,25?/m0/s1. The van der Waals surface area contributed by atoms with E-state index in [1.54, 1.807) is 19.1 Å². The molecule has 0 aromatic heterocycles. The Bertz CT molecular complexity index is 1300. The van der Waals surface area contributed by atoms with Crippen LogP contribution in [0.3, 0.4) is 0 Å². The summed E-state index contributed by atoms with van der Waals surface area (Å²) in [5, 5.41) is 6.07. The van der Waals surface area contributed by atoms with Gasteiger partial charge in [-0.05, 0) is 44.4 Å². The van der Waals surface area contributed by atoms with Crippen LogP contribution in [0.15, 0.2) is 30.3 Å². The molecule has 0 spiro atoms. The highest BCUT2D eigenvalue weighted by molar-refractivity contribution is 6.30. The molecule has 3 saturated carbocycles. The van der Waals surface area contributed by atoms with Gasteiger partial charge in [0.2, 0.25) is 5.91 Å². The topological polar surface area (TPSA) is 95.1 Å². The summed E-state index contributed by atoms with van der Waals surface area (Å²) in [6.07, 6.45) is 1.79. The van der Waals surface area contributed by atoms with Gasteiger partial charge in [-0.2, -0.15) is 4.39 Å². The normalized spacial score (nSPS) is 32.5. The maximum atomic E-state index is 14.1. The molecule has 2 aromatic carbocycles. The zero-order valence-corrected chi connectivity index (χ0v) is 20.3. The van der Waals surface area contributed by atoms with Crippen LogP contribution in [0.2, 0.25) is 5.02 Å². The molecule has 190 valence electrons. The number of hydrogen-bond acceptors (Lipinski definition) is 6. The number of carbonyl (C=O) groups is 2. The number of ether oxygens (including phenoxy) is 4. The number of hydrogen-bond donors (Lipinski definition) is 2. The van der Waals surface area contributed by atoms with Crippen LogP contribution in [-0.4, -0.2) is 42.1 Å². The Morgan fingerprint density at radius 3 is 2.39 bits per heavy atom. The van der Waals surface area contributed by atoms with E-state index in [1.807, 2.05) is 0 Å². The number of amides is 2. The molecule has 8 nitrogen and oxygen atoms in total. The fourth-order valence-corrected chi connectivity index (χ4v) is 5.75. The van der Waals surface area contributed by atoms with Crippen molar-refractivity contribution < 1.29 is 37.3 Å². The fourth-order valence-electron chi connectivity index (χ4n) is 5.63. The zero-order chi connectivity index (χ0) is 25.5. The molecule has 36 heavy (non-hydrogen) atoms. The molecule has 2 aliphatic heterocycles. The molecule has 3 aliphatic carbocycles. The molecule has 0 saturated heterocycles. The predicted octanol–water partition coefficient (Wildman–Crippen LogP) is 3.53. The third kappa shape index (κ3) is 3.61. The molecule has 0 radical (unpaired) electrons. The van der Waals surface area contributed by atoms with E-state index < -0.39 is 22.8 Å². The number of alkyl halides is 1. The van der Waals surface area contributed by atoms with Crippen LogP contribution in [0.25, 0.3) is 0 Å². The molecule has 7 rings (SSSR count). The van der Waals surface area contributed by atoms with Gasteiger partial charge in [0.05, 0.1) is 5.02 Å². The monoisotopic (exact) mass is 520 g/mol. The van der Waals surface area contributed by atoms with Gasteiger partial charge >= 0.3 is 6.04 Å². The Morgan fingerprint density at radius 2 is 1.69 bits per heavy atom. The van der Waals surface area contributed by atoms with Crippen molar-refractivity contribution in [3.8, 4) is 23.0 Å². The molecule has 2 heterocycles. The van der Waals surface area contributed by atoms with Gasteiger partial charge in [-0.25, -0.2) is 4.39 Å². The van der Waals surface area contributed by atoms with E-state index in [0.29, 0.717) is 30.6 Å². The van der Waals surface area contributed by atoms with E-state index in [1.165, 1.54) is 12.1 Å². The molecule has 2 N–H and O–H groups in total. The molecular weight excluding hydrogens is 498 g/mol. The Hall–Kier alpha value is -3.27. The molecule has 3 fully saturated rings. The van der Waals surface area contributed by atoms with E-state index in [9.17, 15) is 18.4 Å². The Morgan fingerprint density at radius 1 is 1.03 bits per heavy atom. The second kappa shape index (κ2) is 7.38. The van der Waals surface area contributed by atoms with Crippen molar-refractivity contribution in [2.45, 2.75) is 55.6 Å². The third-order valence-corrected chi connectivity index (χ3v) is 7.62. The van der Waals surface area contributed by atoms with E-state index >= 15 is 0 Å². The van der Waals surface area contributed by atoms with Gasteiger partial charge in [-0.1, -0.05) is 11.6 Å². The summed E-state index contributed by atoms with van der Waals surface area (Å²) in [4.78, 5) is 25.7. The maximum absolute atomic E-state index is 14.1. The largest absolute Gasteiger partial charge is 0.492 e. The lowest BCUT2D eigenvalue weighted by molar-refractivity contribution is -0.173. The molecular formula is C25H23ClF2N2O6. The number of rotatable bonds is 6. The van der Waals surface area contributed by atoms with E-state index in [4.69, 9.17) is 30.5 Å². The van der Waals surface area contributed by atoms with Crippen LogP contribution < -0.4 is 29.6 Å². The Labute approximate surface area is 210 Å². The van der Waals surface area contributed by atoms with Crippen LogP contribution in [0.1, 0.15) is 38.7 Å². The Balaban J connectivity index is 1.04. The number of carbonyl (C=O) groups excluding carboxylic acids is 2. The smallest absolute Gasteiger partial charge is 0.404 e. The summed E-state index contributed by atoms with van der Waals surface area (Å²) in [6, 6.07) is 4.84. The summed E-state index contributed by atoms with van der Waals surface area (Å²) < 4.78 is 49.0. The lowest BCUT2D eigenvalue weighted by Crippen LogP contribution is -2.84. The van der Waals surface area contributed by atoms with Crippen molar-refractivity contribution in [2.75, 3.05) is 13.2 Å². The van der Waals surface area contributed by atoms with Gasteiger partial charge in [0.15, 0.2) is 18.1 Å². The molecule has 2 amide bonds. The van der Waals surface area contributed by atoms with Crippen LogP contribution >= 0.6 is 11.6 Å². The molecule has 11 heteroatoms. The minimum atomic E-state index is -2.27. The maximum Gasteiger partial charge on any atom is 0.404 e. The van der Waals surface area contributed by atoms with Crippen LogP contribution in [0.5, 0.6) is 23.0 Å². The number of benzene rings is 2. The molecule has 5 aliphatic rings. The van der Waals surface area contributed by atoms with E-state index in [-0.39, 0.29) is 52.8 Å². The highest BCUT2D eigenvalue weighted by Crippen LogP contribution is 2.61. The molecule has 2 bridgehead atoms. The molecule has 2 atom stereocenters. The number of halogens is 3. The molecule has 2 aromatic rings. The first-order valence-corrected chi connectivity index (χ1v) is 11.9. The first kappa shape index (κ1) is 23.1. The minimum Gasteiger partial charge on any atom is -0.492 e. The van der Waals surface area contributed by atoms with Crippen LogP contribution in [0, 0.1) is 5.82 Å². The van der Waals surface area contributed by atoms with E-state index in [0.717, 1.165) is 13.0 Å². The quantitative estimate of drug-likeness (QED) is 0.605. The van der Waals surface area contributed by atoms with Crippen molar-refractivity contribution in [2.24, 2.45) is 0 Å². The van der Waals surface area contributed by atoms with Gasteiger partial charge in [0.1, 0.15) is 29.3 Å². The first-order chi connectivity index (χ1) is 16.9. The van der Waals surface area contributed by atoms with Gasteiger partial charge < -0.3 is 29.6 Å². The van der Waals surface area contributed by atoms with E-state index in [2.05, 4.69) is 10.6 Å². The predicted molar refractivity (Wildman–Crippen MR) is 123 cm³/mol. The summed E-state index contributed by atoms with van der Waals surface area (Å²) in [6.45, 7) is 2.80.